The topological polar surface area (TPSA) is 109 Å². The predicted octanol–water partition coefficient (Wildman–Crippen LogP) is 1.03. The molecule has 1 aromatic carbocycles. The van der Waals surface area contributed by atoms with E-state index in [2.05, 4.69) is 11.1 Å². The van der Waals surface area contributed by atoms with Crippen LogP contribution in [-0.4, -0.2) is 17.4 Å². The Bertz CT molecular complexity index is 692. The van der Waals surface area contributed by atoms with Crippen molar-refractivity contribution < 1.29 is 4.79 Å². The molecule has 0 atom stereocenters. The summed E-state index contributed by atoms with van der Waals surface area (Å²) in [5, 5.41) is 9.18. The normalized spacial score (nSPS) is 9.86. The molecule has 0 saturated carbocycles. The van der Waals surface area contributed by atoms with Crippen LogP contribution >= 0.6 is 0 Å². The minimum absolute atomic E-state index is 0.0191. The summed E-state index contributed by atoms with van der Waals surface area (Å²) in [6.07, 6.45) is 3.07. The number of primary amides is 1. The average Bonchev–Trinajstić information content (AvgIpc) is 2.48. The van der Waals surface area contributed by atoms with E-state index in [0.717, 1.165) is 5.56 Å². The lowest BCUT2D eigenvalue weighted by Gasteiger charge is -2.24. The van der Waals surface area contributed by atoms with E-state index in [0.29, 0.717) is 23.5 Å². The molecule has 6 nitrogen and oxygen atoms in total. The maximum Gasteiger partial charge on any atom is 0.236 e. The Morgan fingerprint density at radius 1 is 1.33 bits per heavy atom. The van der Waals surface area contributed by atoms with E-state index in [9.17, 15) is 10.1 Å². The number of amides is 1. The number of hydrogen-bond acceptors (Lipinski definition) is 5. The number of para-hydroxylation sites is 1. The van der Waals surface area contributed by atoms with Gasteiger partial charge in [0.15, 0.2) is 0 Å². The van der Waals surface area contributed by atoms with Gasteiger partial charge in [-0.3, -0.25) is 9.78 Å². The Balaban J connectivity index is 2.37. The lowest BCUT2D eigenvalue weighted by atomic mass is 10.1. The number of anilines is 2. The standard InChI is InChI=1S/C15H15N5O/c16-7-11-5-6-19-8-14(11)20(10-15(18)21)9-12-3-1-2-4-13(12)17/h1-6,8H,9-10,17H2,(H2,18,21). The molecule has 0 aliphatic rings. The van der Waals surface area contributed by atoms with E-state index in [4.69, 9.17) is 11.5 Å². The minimum Gasteiger partial charge on any atom is -0.398 e. The van der Waals surface area contributed by atoms with Crippen molar-refractivity contribution in [3.63, 3.8) is 0 Å². The molecule has 21 heavy (non-hydrogen) atoms. The summed E-state index contributed by atoms with van der Waals surface area (Å²) in [6, 6.07) is 11.0. The minimum atomic E-state index is -0.489. The number of nitrogens with zero attached hydrogens (tertiary/aromatic N) is 3. The van der Waals surface area contributed by atoms with Crippen LogP contribution in [0.1, 0.15) is 11.1 Å². The summed E-state index contributed by atoms with van der Waals surface area (Å²) in [5.41, 5.74) is 13.7. The van der Waals surface area contributed by atoms with Crippen LogP contribution in [-0.2, 0) is 11.3 Å². The fourth-order valence-corrected chi connectivity index (χ4v) is 2.03. The summed E-state index contributed by atoms with van der Waals surface area (Å²) in [4.78, 5) is 17.0. The zero-order valence-electron chi connectivity index (χ0n) is 11.4. The number of nitriles is 1. The Morgan fingerprint density at radius 2 is 2.10 bits per heavy atom. The van der Waals surface area contributed by atoms with Gasteiger partial charge in [-0.2, -0.15) is 5.26 Å². The first-order valence-corrected chi connectivity index (χ1v) is 6.32. The molecule has 0 saturated heterocycles. The van der Waals surface area contributed by atoms with Crippen molar-refractivity contribution >= 4 is 17.3 Å². The Kier molecular flexibility index (Phi) is 4.36. The molecule has 1 amide bonds. The van der Waals surface area contributed by atoms with Gasteiger partial charge in [0.05, 0.1) is 24.0 Å². The first kappa shape index (κ1) is 14.3. The first-order valence-electron chi connectivity index (χ1n) is 6.32. The largest absolute Gasteiger partial charge is 0.398 e. The average molecular weight is 281 g/mol. The van der Waals surface area contributed by atoms with Crippen LogP contribution < -0.4 is 16.4 Å². The molecule has 1 heterocycles. The van der Waals surface area contributed by atoms with Crippen molar-refractivity contribution in [1.82, 2.24) is 4.98 Å². The van der Waals surface area contributed by atoms with Crippen LogP contribution in [0, 0.1) is 11.3 Å². The highest BCUT2D eigenvalue weighted by Gasteiger charge is 2.15. The summed E-state index contributed by atoms with van der Waals surface area (Å²) >= 11 is 0. The molecule has 0 bridgehead atoms. The zero-order valence-corrected chi connectivity index (χ0v) is 11.4. The maximum absolute atomic E-state index is 11.3. The second kappa shape index (κ2) is 6.39. The van der Waals surface area contributed by atoms with Crippen LogP contribution in [0.15, 0.2) is 42.7 Å². The van der Waals surface area contributed by atoms with E-state index < -0.39 is 5.91 Å². The number of carbonyl (C=O) groups excluding carboxylic acids is 1. The molecule has 0 unspecified atom stereocenters. The lowest BCUT2D eigenvalue weighted by molar-refractivity contribution is -0.116. The second-order valence-corrected chi connectivity index (χ2v) is 4.53. The molecule has 0 radical (unpaired) electrons. The summed E-state index contributed by atoms with van der Waals surface area (Å²) in [7, 11) is 0. The molecule has 4 N–H and O–H groups in total. The molecule has 0 aliphatic carbocycles. The van der Waals surface area contributed by atoms with E-state index in [1.54, 1.807) is 23.2 Å². The van der Waals surface area contributed by atoms with Crippen molar-refractivity contribution in [3.05, 3.63) is 53.9 Å². The Morgan fingerprint density at radius 3 is 2.76 bits per heavy atom. The quantitative estimate of drug-likeness (QED) is 0.795. The van der Waals surface area contributed by atoms with Crippen molar-refractivity contribution in [3.8, 4) is 6.07 Å². The van der Waals surface area contributed by atoms with Gasteiger partial charge >= 0.3 is 0 Å². The van der Waals surface area contributed by atoms with Gasteiger partial charge in [0.1, 0.15) is 6.07 Å². The third-order valence-corrected chi connectivity index (χ3v) is 3.02. The van der Waals surface area contributed by atoms with Crippen LogP contribution in [0.4, 0.5) is 11.4 Å². The van der Waals surface area contributed by atoms with Gasteiger partial charge in [-0.1, -0.05) is 18.2 Å². The van der Waals surface area contributed by atoms with E-state index in [1.807, 2.05) is 18.2 Å². The van der Waals surface area contributed by atoms with Crippen LogP contribution in [0.2, 0.25) is 0 Å². The van der Waals surface area contributed by atoms with Gasteiger partial charge in [0.2, 0.25) is 5.91 Å². The molecule has 1 aromatic heterocycles. The Labute approximate surface area is 122 Å². The van der Waals surface area contributed by atoms with Crippen LogP contribution in [0.5, 0.6) is 0 Å². The number of rotatable bonds is 5. The third kappa shape index (κ3) is 3.48. The van der Waals surface area contributed by atoms with Crippen molar-refractivity contribution in [2.24, 2.45) is 5.73 Å². The number of carbonyl (C=O) groups is 1. The molecule has 6 heteroatoms. The second-order valence-electron chi connectivity index (χ2n) is 4.53. The van der Waals surface area contributed by atoms with Crippen LogP contribution in [0.25, 0.3) is 0 Å². The smallest absolute Gasteiger partial charge is 0.236 e. The number of benzene rings is 1. The number of aromatic nitrogens is 1. The highest BCUT2D eigenvalue weighted by Crippen LogP contribution is 2.22. The highest BCUT2D eigenvalue weighted by molar-refractivity contribution is 5.80. The monoisotopic (exact) mass is 281 g/mol. The van der Waals surface area contributed by atoms with Gasteiger partial charge in [0.25, 0.3) is 0 Å². The Hall–Kier alpha value is -3.07. The molecule has 0 aliphatic heterocycles. The van der Waals surface area contributed by atoms with Gasteiger partial charge in [-0.15, -0.1) is 0 Å². The number of pyridine rings is 1. The number of hydrogen-bond donors (Lipinski definition) is 2. The van der Waals surface area contributed by atoms with Gasteiger partial charge in [-0.05, 0) is 17.7 Å². The maximum atomic E-state index is 11.3. The summed E-state index contributed by atoms with van der Waals surface area (Å²) in [6.45, 7) is 0.352. The van der Waals surface area contributed by atoms with Crippen molar-refractivity contribution in [2.75, 3.05) is 17.2 Å². The molecule has 0 fully saturated rings. The van der Waals surface area contributed by atoms with Crippen LogP contribution in [0.3, 0.4) is 0 Å². The number of nitrogens with two attached hydrogens (primary N) is 2. The molecular formula is C15H15N5O. The summed E-state index contributed by atoms with van der Waals surface area (Å²) < 4.78 is 0. The molecule has 2 rings (SSSR count). The fraction of sp³-hybridized carbons (Fsp3) is 0.133. The molecular weight excluding hydrogens is 266 g/mol. The van der Waals surface area contributed by atoms with Crippen molar-refractivity contribution in [2.45, 2.75) is 6.54 Å². The van der Waals surface area contributed by atoms with E-state index in [-0.39, 0.29) is 6.54 Å². The molecule has 106 valence electrons. The van der Waals surface area contributed by atoms with E-state index in [1.165, 1.54) is 6.20 Å². The third-order valence-electron chi connectivity index (χ3n) is 3.02. The molecule has 2 aromatic rings. The number of nitrogen functional groups attached to an aromatic ring is 1. The predicted molar refractivity (Wildman–Crippen MR) is 80.1 cm³/mol. The zero-order chi connectivity index (χ0) is 15.2. The van der Waals surface area contributed by atoms with Gasteiger partial charge in [0, 0.05) is 18.4 Å². The lowest BCUT2D eigenvalue weighted by Crippen LogP contribution is -2.34. The summed E-state index contributed by atoms with van der Waals surface area (Å²) in [5.74, 6) is -0.489. The first-order chi connectivity index (χ1) is 10.1. The fourth-order valence-electron chi connectivity index (χ4n) is 2.03. The van der Waals surface area contributed by atoms with Gasteiger partial charge < -0.3 is 16.4 Å². The van der Waals surface area contributed by atoms with E-state index >= 15 is 0 Å². The van der Waals surface area contributed by atoms with Gasteiger partial charge in [-0.25, -0.2) is 0 Å². The van der Waals surface area contributed by atoms with Crippen molar-refractivity contribution in [1.29, 1.82) is 5.26 Å². The molecule has 0 spiro atoms. The SMILES string of the molecule is N#Cc1ccncc1N(CC(N)=O)Cc1ccccc1N. The highest BCUT2D eigenvalue weighted by atomic mass is 16.1.